The van der Waals surface area contributed by atoms with E-state index >= 15 is 0 Å². The molecule has 14 heavy (non-hydrogen) atoms. The largest absolute Gasteiger partial charge is 0.0999 e. The molecule has 0 radical (unpaired) electrons. The first-order valence-corrected chi connectivity index (χ1v) is 6.26. The number of hydrogen-bond acceptors (Lipinski definition) is 0. The molecule has 1 aliphatic rings. The van der Waals surface area contributed by atoms with Crippen LogP contribution in [0.15, 0.2) is 12.2 Å². The molecule has 0 heterocycles. The Labute approximate surface area is 89.8 Å². The third kappa shape index (κ3) is 3.48. The Hall–Kier alpha value is -0.260. The van der Waals surface area contributed by atoms with Crippen molar-refractivity contribution < 1.29 is 0 Å². The van der Waals surface area contributed by atoms with Crippen LogP contribution in [0.5, 0.6) is 0 Å². The van der Waals surface area contributed by atoms with Crippen molar-refractivity contribution in [3.05, 3.63) is 12.2 Å². The van der Waals surface area contributed by atoms with Crippen molar-refractivity contribution >= 4 is 0 Å². The molecular formula is C14H26. The fourth-order valence-electron chi connectivity index (χ4n) is 2.58. The zero-order valence-corrected chi connectivity index (χ0v) is 10.2. The summed E-state index contributed by atoms with van der Waals surface area (Å²) in [6.07, 6.45) is 8.65. The molecular weight excluding hydrogens is 168 g/mol. The Morgan fingerprint density at radius 3 is 2.57 bits per heavy atom. The maximum absolute atomic E-state index is 4.07. The van der Waals surface area contributed by atoms with Gasteiger partial charge in [0.25, 0.3) is 0 Å². The van der Waals surface area contributed by atoms with E-state index in [4.69, 9.17) is 0 Å². The van der Waals surface area contributed by atoms with Gasteiger partial charge in [-0.1, -0.05) is 58.1 Å². The topological polar surface area (TPSA) is 0 Å². The van der Waals surface area contributed by atoms with Gasteiger partial charge < -0.3 is 0 Å². The fourth-order valence-corrected chi connectivity index (χ4v) is 2.58. The Kier molecular flexibility index (Phi) is 4.71. The van der Waals surface area contributed by atoms with Gasteiger partial charge in [-0.05, 0) is 31.1 Å². The smallest absolute Gasteiger partial charge is 0.0234 e. The van der Waals surface area contributed by atoms with E-state index in [1.54, 1.807) is 0 Å². The molecule has 0 heteroatoms. The van der Waals surface area contributed by atoms with Crippen LogP contribution in [-0.4, -0.2) is 0 Å². The van der Waals surface area contributed by atoms with E-state index in [-0.39, 0.29) is 0 Å². The van der Waals surface area contributed by atoms with Crippen LogP contribution in [0.4, 0.5) is 0 Å². The summed E-state index contributed by atoms with van der Waals surface area (Å²) in [5, 5.41) is 0. The fraction of sp³-hybridized carbons (Fsp3) is 0.857. The summed E-state index contributed by atoms with van der Waals surface area (Å²) < 4.78 is 0. The lowest BCUT2D eigenvalue weighted by atomic mass is 9.81. The van der Waals surface area contributed by atoms with E-state index in [2.05, 4.69) is 27.4 Å². The lowest BCUT2D eigenvalue weighted by molar-refractivity contribution is 0.289. The van der Waals surface area contributed by atoms with Gasteiger partial charge >= 0.3 is 0 Å². The summed E-state index contributed by atoms with van der Waals surface area (Å²) in [6.45, 7) is 11.0. The van der Waals surface area contributed by atoms with Crippen molar-refractivity contribution in [1.82, 2.24) is 0 Å². The second-order valence-electron chi connectivity index (χ2n) is 5.36. The standard InChI is InChI=1S/C14H26/c1-11(2)13(4)10-14-9-7-5-6-8-12(14)3/h12-14H,1,5-10H2,2-4H3. The van der Waals surface area contributed by atoms with E-state index in [0.717, 1.165) is 17.8 Å². The molecule has 3 unspecified atom stereocenters. The Balaban J connectivity index is 2.43. The predicted molar refractivity (Wildman–Crippen MR) is 64.3 cm³/mol. The molecule has 0 spiro atoms. The highest BCUT2D eigenvalue weighted by Gasteiger charge is 2.21. The first-order chi connectivity index (χ1) is 6.61. The lowest BCUT2D eigenvalue weighted by Crippen LogP contribution is -2.14. The molecule has 82 valence electrons. The second-order valence-corrected chi connectivity index (χ2v) is 5.36. The van der Waals surface area contributed by atoms with Crippen LogP contribution in [0, 0.1) is 17.8 Å². The first-order valence-electron chi connectivity index (χ1n) is 6.26. The minimum absolute atomic E-state index is 0.723. The molecule has 0 amide bonds. The monoisotopic (exact) mass is 194 g/mol. The van der Waals surface area contributed by atoms with Crippen LogP contribution in [0.3, 0.4) is 0 Å². The van der Waals surface area contributed by atoms with E-state index in [9.17, 15) is 0 Å². The van der Waals surface area contributed by atoms with Crippen LogP contribution in [-0.2, 0) is 0 Å². The van der Waals surface area contributed by atoms with E-state index in [0.29, 0.717) is 0 Å². The Morgan fingerprint density at radius 2 is 1.93 bits per heavy atom. The SMILES string of the molecule is C=C(C)C(C)CC1CCCCCC1C. The highest BCUT2D eigenvalue weighted by Crippen LogP contribution is 2.34. The Morgan fingerprint density at radius 1 is 1.29 bits per heavy atom. The summed E-state index contributed by atoms with van der Waals surface area (Å²) in [4.78, 5) is 0. The highest BCUT2D eigenvalue weighted by atomic mass is 14.3. The maximum Gasteiger partial charge on any atom is -0.0234 e. The molecule has 1 aliphatic carbocycles. The summed E-state index contributed by atoms with van der Waals surface area (Å²) in [5.74, 6) is 2.63. The van der Waals surface area contributed by atoms with Gasteiger partial charge in [0.1, 0.15) is 0 Å². The predicted octanol–water partition coefficient (Wildman–Crippen LogP) is 4.81. The molecule has 0 aromatic rings. The normalized spacial score (nSPS) is 30.8. The molecule has 0 aromatic heterocycles. The third-order valence-electron chi connectivity index (χ3n) is 4.04. The minimum Gasteiger partial charge on any atom is -0.0999 e. The van der Waals surface area contributed by atoms with Crippen molar-refractivity contribution in [3.63, 3.8) is 0 Å². The molecule has 0 bridgehead atoms. The van der Waals surface area contributed by atoms with Gasteiger partial charge in [-0.3, -0.25) is 0 Å². The average Bonchev–Trinajstić information content (AvgIpc) is 2.32. The Bertz CT molecular complexity index is 180. The van der Waals surface area contributed by atoms with Gasteiger partial charge in [-0.2, -0.15) is 0 Å². The molecule has 1 rings (SSSR count). The quantitative estimate of drug-likeness (QED) is 0.447. The van der Waals surface area contributed by atoms with Crippen molar-refractivity contribution in [2.24, 2.45) is 17.8 Å². The number of rotatable bonds is 3. The van der Waals surface area contributed by atoms with Gasteiger partial charge in [0.2, 0.25) is 0 Å². The maximum atomic E-state index is 4.07. The molecule has 1 saturated carbocycles. The summed E-state index contributed by atoms with van der Waals surface area (Å²) in [6, 6.07) is 0. The molecule has 3 atom stereocenters. The van der Waals surface area contributed by atoms with Gasteiger partial charge in [0.05, 0.1) is 0 Å². The van der Waals surface area contributed by atoms with E-state index in [1.807, 2.05) is 0 Å². The highest BCUT2D eigenvalue weighted by molar-refractivity contribution is 4.95. The minimum atomic E-state index is 0.723. The summed E-state index contributed by atoms with van der Waals surface area (Å²) in [7, 11) is 0. The molecule has 0 N–H and O–H groups in total. The van der Waals surface area contributed by atoms with E-state index < -0.39 is 0 Å². The van der Waals surface area contributed by atoms with Crippen molar-refractivity contribution in [2.45, 2.75) is 59.3 Å². The third-order valence-corrected chi connectivity index (χ3v) is 4.04. The average molecular weight is 194 g/mol. The van der Waals surface area contributed by atoms with Gasteiger partial charge in [0.15, 0.2) is 0 Å². The van der Waals surface area contributed by atoms with Crippen molar-refractivity contribution in [2.75, 3.05) is 0 Å². The van der Waals surface area contributed by atoms with Crippen LogP contribution in [0.25, 0.3) is 0 Å². The molecule has 0 saturated heterocycles. The van der Waals surface area contributed by atoms with Crippen LogP contribution < -0.4 is 0 Å². The molecule has 1 fully saturated rings. The van der Waals surface area contributed by atoms with Crippen molar-refractivity contribution in [3.8, 4) is 0 Å². The molecule has 0 aliphatic heterocycles. The molecule has 0 aromatic carbocycles. The zero-order chi connectivity index (χ0) is 10.6. The molecule has 0 nitrogen and oxygen atoms in total. The number of hydrogen-bond donors (Lipinski definition) is 0. The first kappa shape index (κ1) is 11.8. The second kappa shape index (κ2) is 5.58. The summed E-state index contributed by atoms with van der Waals surface area (Å²) >= 11 is 0. The number of allylic oxidation sites excluding steroid dienone is 1. The van der Waals surface area contributed by atoms with Gasteiger partial charge in [-0.25, -0.2) is 0 Å². The van der Waals surface area contributed by atoms with Crippen LogP contribution in [0.1, 0.15) is 59.3 Å². The van der Waals surface area contributed by atoms with Gasteiger partial charge in [0, 0.05) is 0 Å². The zero-order valence-electron chi connectivity index (χ0n) is 10.2. The van der Waals surface area contributed by atoms with Crippen LogP contribution in [0.2, 0.25) is 0 Å². The van der Waals surface area contributed by atoms with Crippen LogP contribution >= 0.6 is 0 Å². The van der Waals surface area contributed by atoms with Crippen molar-refractivity contribution in [1.29, 1.82) is 0 Å². The van der Waals surface area contributed by atoms with E-state index in [1.165, 1.54) is 44.1 Å². The lowest BCUT2D eigenvalue weighted by Gasteiger charge is -2.24. The summed E-state index contributed by atoms with van der Waals surface area (Å²) in [5.41, 5.74) is 1.36. The van der Waals surface area contributed by atoms with Gasteiger partial charge in [-0.15, -0.1) is 0 Å².